The Bertz CT molecular complexity index is 1830. The van der Waals surface area contributed by atoms with Gasteiger partial charge in [-0.25, -0.2) is 8.42 Å². The monoisotopic (exact) mass is 763 g/mol. The summed E-state index contributed by atoms with van der Waals surface area (Å²) in [6.07, 6.45) is -4.81. The Morgan fingerprint density at radius 2 is 1.50 bits per heavy atom. The predicted molar refractivity (Wildman–Crippen MR) is 184 cm³/mol. The summed E-state index contributed by atoms with van der Waals surface area (Å²) >= 11 is 9.30. The SMILES string of the molecule is CC(C)CNC(=O)[C@H](Cc1ccccc1)N(Cc1cccc(Br)c1)C(=O)CN(c1ccc(Cl)c(C(F)(F)F)c1)S(=O)(=O)c1ccccc1. The van der Waals surface area contributed by atoms with Gasteiger partial charge >= 0.3 is 6.18 Å². The lowest BCUT2D eigenvalue weighted by Crippen LogP contribution is -2.53. The molecule has 0 aliphatic rings. The first-order valence-electron chi connectivity index (χ1n) is 15.0. The van der Waals surface area contributed by atoms with E-state index in [1.165, 1.54) is 29.2 Å². The Labute approximate surface area is 291 Å². The van der Waals surface area contributed by atoms with E-state index >= 15 is 0 Å². The first-order chi connectivity index (χ1) is 22.7. The molecule has 0 unspecified atom stereocenters. The van der Waals surface area contributed by atoms with Crippen LogP contribution in [0.2, 0.25) is 5.02 Å². The van der Waals surface area contributed by atoms with Crippen LogP contribution in [0.25, 0.3) is 0 Å². The zero-order chi connectivity index (χ0) is 35.1. The van der Waals surface area contributed by atoms with Crippen LogP contribution in [-0.4, -0.2) is 44.3 Å². The molecule has 0 aromatic heterocycles. The summed E-state index contributed by atoms with van der Waals surface area (Å²) in [6.45, 7) is 3.16. The van der Waals surface area contributed by atoms with E-state index in [0.29, 0.717) is 27.0 Å². The minimum atomic E-state index is -4.90. The van der Waals surface area contributed by atoms with E-state index in [-0.39, 0.29) is 23.8 Å². The Hall–Kier alpha value is -3.87. The number of hydrogen-bond acceptors (Lipinski definition) is 4. The number of sulfonamides is 1. The molecule has 1 atom stereocenters. The second-order valence-electron chi connectivity index (χ2n) is 11.5. The molecule has 254 valence electrons. The van der Waals surface area contributed by atoms with E-state index in [2.05, 4.69) is 21.2 Å². The van der Waals surface area contributed by atoms with E-state index < -0.39 is 56.9 Å². The molecular formula is C35H34BrClF3N3O4S. The van der Waals surface area contributed by atoms with Crippen LogP contribution in [0.15, 0.2) is 112 Å². The number of alkyl halides is 3. The van der Waals surface area contributed by atoms with Crippen molar-refractivity contribution in [1.29, 1.82) is 0 Å². The number of amides is 2. The molecule has 0 fully saturated rings. The Balaban J connectivity index is 1.85. The van der Waals surface area contributed by atoms with Gasteiger partial charge in [-0.15, -0.1) is 0 Å². The molecule has 4 rings (SSSR count). The van der Waals surface area contributed by atoms with Crippen molar-refractivity contribution in [1.82, 2.24) is 10.2 Å². The fraction of sp³-hybridized carbons (Fsp3) is 0.257. The Morgan fingerprint density at radius 1 is 0.875 bits per heavy atom. The summed E-state index contributed by atoms with van der Waals surface area (Å²) in [7, 11) is -4.60. The second-order valence-corrected chi connectivity index (χ2v) is 14.7. The van der Waals surface area contributed by atoms with Crippen LogP contribution >= 0.6 is 27.5 Å². The number of halogens is 5. The van der Waals surface area contributed by atoms with Crippen molar-refractivity contribution in [2.45, 2.75) is 43.9 Å². The van der Waals surface area contributed by atoms with Gasteiger partial charge in [0.1, 0.15) is 12.6 Å². The molecule has 1 N–H and O–H groups in total. The third-order valence-corrected chi connectivity index (χ3v) is 9.96. The molecule has 0 radical (unpaired) electrons. The average molecular weight is 765 g/mol. The minimum absolute atomic E-state index is 0.0924. The first kappa shape index (κ1) is 37.0. The maximum absolute atomic E-state index is 14.5. The molecule has 13 heteroatoms. The van der Waals surface area contributed by atoms with Crippen LogP contribution in [0.1, 0.15) is 30.5 Å². The molecule has 0 aliphatic carbocycles. The van der Waals surface area contributed by atoms with Gasteiger partial charge in [-0.2, -0.15) is 13.2 Å². The molecule has 7 nitrogen and oxygen atoms in total. The Kier molecular flexibility index (Phi) is 12.3. The third kappa shape index (κ3) is 9.61. The molecule has 0 aliphatic heterocycles. The van der Waals surface area contributed by atoms with E-state index in [4.69, 9.17) is 11.6 Å². The highest BCUT2D eigenvalue weighted by molar-refractivity contribution is 9.10. The standard InChI is InChI=1S/C35H34BrClF3N3O4S/c1-24(2)21-41-34(45)32(19-25-10-5-3-6-11-25)42(22-26-12-9-13-27(36)18-26)33(44)23-43(48(46,47)29-14-7-4-8-15-29)28-16-17-31(37)30(20-28)35(38,39)40/h3-18,20,24,32H,19,21-23H2,1-2H3,(H,41,45)/t32-/m0/s1. The topological polar surface area (TPSA) is 86.8 Å². The summed E-state index contributed by atoms with van der Waals surface area (Å²) in [5, 5.41) is 2.26. The van der Waals surface area contributed by atoms with Crippen molar-refractivity contribution in [2.75, 3.05) is 17.4 Å². The van der Waals surface area contributed by atoms with Crippen molar-refractivity contribution in [3.05, 3.63) is 129 Å². The van der Waals surface area contributed by atoms with Gasteiger partial charge in [0.2, 0.25) is 11.8 Å². The highest BCUT2D eigenvalue weighted by Gasteiger charge is 2.37. The van der Waals surface area contributed by atoms with E-state index in [9.17, 15) is 31.2 Å². The number of carbonyl (C=O) groups is 2. The number of carbonyl (C=O) groups excluding carboxylic acids is 2. The van der Waals surface area contributed by atoms with Gasteiger partial charge < -0.3 is 10.2 Å². The molecule has 0 heterocycles. The second kappa shape index (κ2) is 16.0. The number of benzene rings is 4. The first-order valence-corrected chi connectivity index (χ1v) is 17.6. The van der Waals surface area contributed by atoms with Gasteiger partial charge in [-0.1, -0.05) is 102 Å². The molecule has 4 aromatic rings. The molecule has 4 aromatic carbocycles. The fourth-order valence-corrected chi connectivity index (χ4v) is 7.04. The summed E-state index contributed by atoms with van der Waals surface area (Å²) in [5.41, 5.74) is -0.301. The van der Waals surface area contributed by atoms with Gasteiger partial charge in [0.15, 0.2) is 0 Å². The molecule has 0 saturated heterocycles. The van der Waals surface area contributed by atoms with Gasteiger partial charge in [0, 0.05) is 24.0 Å². The van der Waals surface area contributed by atoms with Crippen LogP contribution in [0.4, 0.5) is 18.9 Å². The van der Waals surface area contributed by atoms with E-state index in [1.54, 1.807) is 42.5 Å². The highest BCUT2D eigenvalue weighted by atomic mass is 79.9. The number of anilines is 1. The Morgan fingerprint density at radius 3 is 2.10 bits per heavy atom. The van der Waals surface area contributed by atoms with E-state index in [0.717, 1.165) is 17.7 Å². The quantitative estimate of drug-likeness (QED) is 0.151. The highest BCUT2D eigenvalue weighted by Crippen LogP contribution is 2.38. The van der Waals surface area contributed by atoms with Gasteiger partial charge in [-0.05, 0) is 59.5 Å². The number of nitrogens with zero attached hydrogens (tertiary/aromatic N) is 2. The zero-order valence-electron chi connectivity index (χ0n) is 26.1. The molecular weight excluding hydrogens is 731 g/mol. The summed E-state index contributed by atoms with van der Waals surface area (Å²) in [6, 6.07) is 24.7. The largest absolute Gasteiger partial charge is 0.417 e. The van der Waals surface area contributed by atoms with E-state index in [1.807, 2.05) is 32.0 Å². The summed E-state index contributed by atoms with van der Waals surface area (Å²) in [5.74, 6) is -1.17. The summed E-state index contributed by atoms with van der Waals surface area (Å²) < 4.78 is 71.3. The third-order valence-electron chi connectivity index (χ3n) is 7.35. The van der Waals surface area contributed by atoms with Gasteiger partial charge in [0.25, 0.3) is 10.0 Å². The molecule has 2 amide bonds. The van der Waals surface area contributed by atoms with Gasteiger partial charge in [-0.3, -0.25) is 13.9 Å². The van der Waals surface area contributed by atoms with Crippen molar-refractivity contribution in [3.63, 3.8) is 0 Å². The van der Waals surface area contributed by atoms with Crippen molar-refractivity contribution in [3.8, 4) is 0 Å². The predicted octanol–water partition coefficient (Wildman–Crippen LogP) is 7.73. The molecule has 0 spiro atoms. The van der Waals surface area contributed by atoms with Crippen LogP contribution in [0, 0.1) is 5.92 Å². The number of nitrogens with one attached hydrogen (secondary N) is 1. The number of rotatable bonds is 13. The number of hydrogen-bond donors (Lipinski definition) is 1. The van der Waals surface area contributed by atoms with Crippen LogP contribution in [0.5, 0.6) is 0 Å². The average Bonchev–Trinajstić information content (AvgIpc) is 3.04. The van der Waals surface area contributed by atoms with Crippen molar-refractivity contribution >= 4 is 55.1 Å². The lowest BCUT2D eigenvalue weighted by Gasteiger charge is -2.34. The molecule has 0 saturated carbocycles. The minimum Gasteiger partial charge on any atom is -0.354 e. The summed E-state index contributed by atoms with van der Waals surface area (Å²) in [4.78, 5) is 29.4. The maximum Gasteiger partial charge on any atom is 0.417 e. The van der Waals surface area contributed by atoms with Crippen molar-refractivity contribution in [2.24, 2.45) is 5.92 Å². The van der Waals surface area contributed by atoms with Crippen molar-refractivity contribution < 1.29 is 31.2 Å². The fourth-order valence-electron chi connectivity index (χ4n) is 4.94. The maximum atomic E-state index is 14.5. The van der Waals surface area contributed by atoms with Gasteiger partial charge in [0.05, 0.1) is 21.2 Å². The zero-order valence-corrected chi connectivity index (χ0v) is 29.3. The molecule has 0 bridgehead atoms. The molecule has 48 heavy (non-hydrogen) atoms. The van der Waals surface area contributed by atoms with Crippen LogP contribution in [0.3, 0.4) is 0 Å². The normalized spacial score (nSPS) is 12.4. The van der Waals surface area contributed by atoms with Crippen LogP contribution < -0.4 is 9.62 Å². The lowest BCUT2D eigenvalue weighted by atomic mass is 10.0. The van der Waals surface area contributed by atoms with Crippen LogP contribution in [-0.2, 0) is 38.8 Å². The smallest absolute Gasteiger partial charge is 0.354 e. The lowest BCUT2D eigenvalue weighted by molar-refractivity contribution is -0.140.